The third-order valence-electron chi connectivity index (χ3n) is 8.96. The number of hydrogen-bond donors (Lipinski definition) is 2. The van der Waals surface area contributed by atoms with Crippen molar-refractivity contribution in [3.63, 3.8) is 0 Å². The number of nitrogen functional groups attached to an aromatic ring is 1. The molecule has 2 heterocycles. The topological polar surface area (TPSA) is 70.8 Å². The summed E-state index contributed by atoms with van der Waals surface area (Å²) in [6.07, 6.45) is 10.4. The van der Waals surface area contributed by atoms with Crippen molar-refractivity contribution in [2.75, 3.05) is 43.4 Å². The summed E-state index contributed by atoms with van der Waals surface area (Å²) in [7, 11) is 6.63. The van der Waals surface area contributed by atoms with Crippen LogP contribution in [-0.2, 0) is 4.74 Å². The molecule has 0 bridgehead atoms. The van der Waals surface area contributed by atoms with E-state index in [2.05, 4.69) is 41.1 Å². The molecule has 39 heavy (non-hydrogen) atoms. The van der Waals surface area contributed by atoms with Crippen LogP contribution in [0.25, 0.3) is 0 Å². The summed E-state index contributed by atoms with van der Waals surface area (Å²) in [4.78, 5) is 18.4. The quantitative estimate of drug-likeness (QED) is 0.409. The first kappa shape index (κ1) is 27.9. The zero-order valence-corrected chi connectivity index (χ0v) is 23.8. The molecule has 6 nitrogen and oxygen atoms in total. The van der Waals surface area contributed by atoms with E-state index in [9.17, 15) is 4.79 Å². The van der Waals surface area contributed by atoms with Crippen LogP contribution in [0.2, 0.25) is 0 Å². The second-order valence-corrected chi connectivity index (χ2v) is 11.9. The number of benzene rings is 2. The van der Waals surface area contributed by atoms with Crippen LogP contribution in [0.1, 0.15) is 86.7 Å². The number of carbonyl (C=O) groups is 1. The van der Waals surface area contributed by atoms with Gasteiger partial charge in [0.05, 0.1) is 0 Å². The molecule has 2 unspecified atom stereocenters. The zero-order chi connectivity index (χ0) is 27.4. The minimum absolute atomic E-state index is 0.0584. The number of nitrogens with two attached hydrogens (primary N) is 1. The summed E-state index contributed by atoms with van der Waals surface area (Å²) in [5, 5.41) is 3.30. The van der Waals surface area contributed by atoms with Crippen LogP contribution < -0.4 is 16.0 Å². The number of amides is 1. The van der Waals surface area contributed by atoms with Gasteiger partial charge in [-0.25, -0.2) is 0 Å². The molecular formula is C32H44BN4O2. The number of hydrogen-bond acceptors (Lipinski definition) is 5. The van der Waals surface area contributed by atoms with Crippen molar-refractivity contribution in [3.8, 4) is 0 Å². The van der Waals surface area contributed by atoms with Crippen LogP contribution in [-0.4, -0.2) is 74.2 Å². The Morgan fingerprint density at radius 1 is 0.949 bits per heavy atom. The molecule has 3 N–H and O–H groups in total. The van der Waals surface area contributed by atoms with Gasteiger partial charge in [-0.3, -0.25) is 0 Å². The summed E-state index contributed by atoms with van der Waals surface area (Å²) in [6.45, 7) is 8.95. The van der Waals surface area contributed by atoms with E-state index < -0.39 is 0 Å². The maximum absolute atomic E-state index is 13.4. The SMILES string of the molecule is [B]=C(c1ccc(N2CC(C)OC(C)C2)cc1)c1cc(C(=O)NCC2(N3CCCCC3)CCCCC2)ccc1N. The van der Waals surface area contributed by atoms with Gasteiger partial charge in [-0.05, 0) is 0 Å². The summed E-state index contributed by atoms with van der Waals surface area (Å²) >= 11 is 0. The summed E-state index contributed by atoms with van der Waals surface area (Å²) in [6, 6.07) is 13.7. The molecule has 0 aromatic heterocycles. The summed E-state index contributed by atoms with van der Waals surface area (Å²) in [5.41, 5.74) is 10.9. The van der Waals surface area contributed by atoms with Crippen LogP contribution in [0.15, 0.2) is 42.5 Å². The van der Waals surface area contributed by atoms with Crippen LogP contribution in [0.4, 0.5) is 11.4 Å². The minimum atomic E-state index is -0.0584. The molecule has 2 aromatic carbocycles. The van der Waals surface area contributed by atoms with Crippen LogP contribution >= 0.6 is 0 Å². The Morgan fingerprint density at radius 2 is 1.56 bits per heavy atom. The van der Waals surface area contributed by atoms with Gasteiger partial charge in [-0.1, -0.05) is 0 Å². The predicted octanol–water partition coefficient (Wildman–Crippen LogP) is 4.54. The first-order valence-electron chi connectivity index (χ1n) is 14.9. The second-order valence-electron chi connectivity index (χ2n) is 11.9. The monoisotopic (exact) mass is 527 g/mol. The molecule has 1 saturated carbocycles. The van der Waals surface area contributed by atoms with Crippen molar-refractivity contribution < 1.29 is 9.53 Å². The van der Waals surface area contributed by atoms with Crippen molar-refractivity contribution in [3.05, 3.63) is 59.2 Å². The van der Waals surface area contributed by atoms with Gasteiger partial charge in [0.15, 0.2) is 0 Å². The molecule has 2 atom stereocenters. The first-order valence-corrected chi connectivity index (χ1v) is 14.9. The molecular weight excluding hydrogens is 483 g/mol. The van der Waals surface area contributed by atoms with E-state index >= 15 is 0 Å². The number of ether oxygens (including phenoxy) is 1. The molecule has 5 rings (SSSR count). The Labute approximate surface area is 235 Å². The van der Waals surface area contributed by atoms with Gasteiger partial charge in [0.25, 0.3) is 0 Å². The van der Waals surface area contributed by atoms with Crippen LogP contribution in [0.3, 0.4) is 0 Å². The van der Waals surface area contributed by atoms with E-state index in [1.807, 2.05) is 18.2 Å². The Balaban J connectivity index is 1.28. The average Bonchev–Trinajstić information content (AvgIpc) is 2.96. The Morgan fingerprint density at radius 3 is 2.23 bits per heavy atom. The Kier molecular flexibility index (Phi) is 8.78. The number of rotatable bonds is 7. The van der Waals surface area contributed by atoms with Gasteiger partial charge < -0.3 is 0 Å². The number of nitrogens with one attached hydrogen (secondary N) is 1. The molecule has 1 amide bonds. The molecule has 2 aromatic rings. The van der Waals surface area contributed by atoms with Gasteiger partial charge in [0.2, 0.25) is 0 Å². The van der Waals surface area contributed by atoms with Crippen molar-refractivity contribution in [2.45, 2.75) is 83.0 Å². The molecule has 207 valence electrons. The number of anilines is 2. The Hall–Kier alpha value is -2.64. The fourth-order valence-corrected chi connectivity index (χ4v) is 6.86. The second kappa shape index (κ2) is 12.3. The zero-order valence-electron chi connectivity index (χ0n) is 23.8. The van der Waals surface area contributed by atoms with Crippen molar-refractivity contribution in [1.29, 1.82) is 0 Å². The molecule has 3 fully saturated rings. The summed E-state index contributed by atoms with van der Waals surface area (Å²) < 4.78 is 5.87. The number of morpholine rings is 1. The third-order valence-corrected chi connectivity index (χ3v) is 8.96. The standard InChI is InChI=1S/C32H44BN4O2/c1-23-20-36(21-24(2)39-23)27-12-9-25(10-13-27)30(33)28-19-26(11-14-29(28)34)31(38)35-22-32(15-5-3-6-16-32)37-17-7-4-8-18-37/h9-14,19,23-24H,3-8,15-18,20-22,34H2,1-2H3,(H,35,38). The molecule has 2 saturated heterocycles. The van der Waals surface area contributed by atoms with E-state index in [-0.39, 0.29) is 23.7 Å². The predicted molar refractivity (Wildman–Crippen MR) is 162 cm³/mol. The van der Waals surface area contributed by atoms with E-state index in [4.69, 9.17) is 18.0 Å². The molecule has 0 spiro atoms. The fraction of sp³-hybridized carbons (Fsp3) is 0.562. The van der Waals surface area contributed by atoms with Crippen LogP contribution in [0.5, 0.6) is 0 Å². The van der Waals surface area contributed by atoms with Crippen LogP contribution in [0, 0.1) is 0 Å². The van der Waals surface area contributed by atoms with Gasteiger partial charge in [-0.15, -0.1) is 0 Å². The van der Waals surface area contributed by atoms with Crippen molar-refractivity contribution in [2.24, 2.45) is 0 Å². The molecule has 1 aliphatic carbocycles. The van der Waals surface area contributed by atoms with E-state index in [1.54, 1.807) is 12.1 Å². The molecule has 2 aliphatic heterocycles. The molecule has 7 heteroatoms. The van der Waals surface area contributed by atoms with E-state index in [0.29, 0.717) is 28.8 Å². The summed E-state index contributed by atoms with van der Waals surface area (Å²) in [5.74, 6) is -0.0584. The van der Waals surface area contributed by atoms with Gasteiger partial charge in [0, 0.05) is 0 Å². The maximum atomic E-state index is 13.4. The normalized spacial score (nSPS) is 23.8. The first-order chi connectivity index (χ1) is 18.8. The van der Waals surface area contributed by atoms with Gasteiger partial charge >= 0.3 is 235 Å². The number of carbonyl (C=O) groups excluding carboxylic acids is 1. The number of piperidine rings is 1. The molecule has 3 aliphatic rings. The average molecular weight is 528 g/mol. The van der Waals surface area contributed by atoms with E-state index in [0.717, 1.165) is 37.4 Å². The van der Waals surface area contributed by atoms with Crippen molar-refractivity contribution >= 4 is 30.2 Å². The van der Waals surface area contributed by atoms with Crippen molar-refractivity contribution in [1.82, 2.24) is 10.2 Å². The number of likely N-dealkylation sites (tertiary alicyclic amines) is 1. The van der Waals surface area contributed by atoms with Gasteiger partial charge in [-0.2, -0.15) is 0 Å². The Bertz CT molecular complexity index is 1150. The van der Waals surface area contributed by atoms with E-state index in [1.165, 1.54) is 51.4 Å². The van der Waals surface area contributed by atoms with Gasteiger partial charge in [0.1, 0.15) is 0 Å². The third kappa shape index (κ3) is 6.41. The fourth-order valence-electron chi connectivity index (χ4n) is 6.86. The molecule has 1 radical (unpaired) electrons. The number of nitrogens with zero attached hydrogens (tertiary/aromatic N) is 2.